The van der Waals surface area contributed by atoms with Crippen LogP contribution in [0.2, 0.25) is 0 Å². The highest BCUT2D eigenvalue weighted by atomic mass is 19.4. The molecule has 1 aromatic heterocycles. The first-order valence-corrected chi connectivity index (χ1v) is 5.33. The van der Waals surface area contributed by atoms with Crippen LogP contribution in [-0.2, 0) is 6.18 Å². The number of carbonyl (C=O) groups excluding carboxylic acids is 1. The molecular formula is C13H7F3O4. The van der Waals surface area contributed by atoms with Crippen molar-refractivity contribution in [2.75, 3.05) is 0 Å². The highest BCUT2D eigenvalue weighted by molar-refractivity contribution is 5.90. The van der Waals surface area contributed by atoms with Gasteiger partial charge in [-0.05, 0) is 24.3 Å². The molecule has 0 atom stereocenters. The summed E-state index contributed by atoms with van der Waals surface area (Å²) in [5, 5.41) is 8.76. The summed E-state index contributed by atoms with van der Waals surface area (Å²) in [7, 11) is 0. The molecule has 1 heterocycles. The van der Waals surface area contributed by atoms with E-state index in [9.17, 15) is 22.8 Å². The van der Waals surface area contributed by atoms with Crippen molar-refractivity contribution >= 4 is 12.3 Å². The minimum atomic E-state index is -4.80. The second kappa shape index (κ2) is 4.84. The molecule has 104 valence electrons. The summed E-state index contributed by atoms with van der Waals surface area (Å²) in [5.41, 5.74) is -2.08. The Balaban J connectivity index is 2.57. The average Bonchev–Trinajstić information content (AvgIpc) is 2.85. The highest BCUT2D eigenvalue weighted by Gasteiger charge is 2.35. The summed E-state index contributed by atoms with van der Waals surface area (Å²) in [6.07, 6.45) is -4.39. The molecule has 0 aliphatic rings. The van der Waals surface area contributed by atoms with E-state index in [1.807, 2.05) is 0 Å². The van der Waals surface area contributed by atoms with E-state index >= 15 is 0 Å². The molecule has 20 heavy (non-hydrogen) atoms. The number of alkyl halides is 3. The fraction of sp³-hybridized carbons (Fsp3) is 0.0769. The first kappa shape index (κ1) is 13.9. The fourth-order valence-electron chi connectivity index (χ4n) is 1.69. The molecule has 4 nitrogen and oxygen atoms in total. The van der Waals surface area contributed by atoms with Gasteiger partial charge in [0.15, 0.2) is 12.0 Å². The van der Waals surface area contributed by atoms with E-state index in [1.165, 1.54) is 18.2 Å². The van der Waals surface area contributed by atoms with Gasteiger partial charge in [-0.1, -0.05) is 6.07 Å². The summed E-state index contributed by atoms with van der Waals surface area (Å²) in [4.78, 5) is 21.3. The van der Waals surface area contributed by atoms with E-state index in [2.05, 4.69) is 0 Å². The van der Waals surface area contributed by atoms with E-state index in [0.29, 0.717) is 12.4 Å². The van der Waals surface area contributed by atoms with Gasteiger partial charge in [-0.15, -0.1) is 0 Å². The predicted octanol–water partition coefficient (Wildman–Crippen LogP) is 3.48. The number of aldehydes is 1. The van der Waals surface area contributed by atoms with E-state index in [4.69, 9.17) is 9.52 Å². The Hall–Kier alpha value is -2.57. The molecule has 0 aliphatic heterocycles. The summed E-state index contributed by atoms with van der Waals surface area (Å²) in [5.74, 6) is -1.65. The molecule has 0 unspecified atom stereocenters. The van der Waals surface area contributed by atoms with Gasteiger partial charge in [0.05, 0.1) is 11.1 Å². The Morgan fingerprint density at radius 3 is 2.40 bits per heavy atom. The third-order valence-electron chi connectivity index (χ3n) is 2.58. The number of furan rings is 1. The molecule has 0 fully saturated rings. The number of carboxylic acid groups (broad SMARTS) is 1. The van der Waals surface area contributed by atoms with Crippen LogP contribution >= 0.6 is 0 Å². The number of halogens is 3. The number of hydrogen-bond donors (Lipinski definition) is 1. The molecule has 2 aromatic rings. The Morgan fingerprint density at radius 2 is 1.90 bits per heavy atom. The largest absolute Gasteiger partial charge is 0.478 e. The number of aromatic carboxylic acids is 1. The molecular weight excluding hydrogens is 277 g/mol. The van der Waals surface area contributed by atoms with Crippen molar-refractivity contribution in [3.05, 3.63) is 47.2 Å². The van der Waals surface area contributed by atoms with Crippen LogP contribution < -0.4 is 0 Å². The lowest BCUT2D eigenvalue weighted by atomic mass is 10.0. The smallest absolute Gasteiger partial charge is 0.417 e. The van der Waals surface area contributed by atoms with Gasteiger partial charge in [-0.25, -0.2) is 4.79 Å². The maximum atomic E-state index is 12.8. The van der Waals surface area contributed by atoms with E-state index < -0.39 is 23.3 Å². The molecule has 0 saturated carbocycles. The second-order valence-corrected chi connectivity index (χ2v) is 3.88. The third kappa shape index (κ3) is 2.56. The molecule has 0 aliphatic carbocycles. The monoisotopic (exact) mass is 284 g/mol. The zero-order valence-corrected chi connectivity index (χ0v) is 9.77. The Labute approximate surface area is 110 Å². The number of carbonyl (C=O) groups is 2. The Morgan fingerprint density at radius 1 is 1.20 bits per heavy atom. The first-order chi connectivity index (χ1) is 9.32. The fourth-order valence-corrected chi connectivity index (χ4v) is 1.69. The normalized spacial score (nSPS) is 11.3. The lowest BCUT2D eigenvalue weighted by Gasteiger charge is -2.11. The lowest BCUT2D eigenvalue weighted by Crippen LogP contribution is -2.12. The highest BCUT2D eigenvalue weighted by Crippen LogP contribution is 2.35. The van der Waals surface area contributed by atoms with Crippen LogP contribution in [0, 0.1) is 0 Å². The van der Waals surface area contributed by atoms with Crippen LogP contribution in [0.25, 0.3) is 11.3 Å². The molecule has 0 saturated heterocycles. The lowest BCUT2D eigenvalue weighted by molar-refractivity contribution is -0.138. The van der Waals surface area contributed by atoms with Gasteiger partial charge in [-0.3, -0.25) is 4.79 Å². The second-order valence-electron chi connectivity index (χ2n) is 3.88. The number of hydrogen-bond acceptors (Lipinski definition) is 3. The minimum absolute atomic E-state index is 0.0316. The maximum Gasteiger partial charge on any atom is 0.417 e. The molecule has 2 rings (SSSR count). The van der Waals surface area contributed by atoms with Gasteiger partial charge in [-0.2, -0.15) is 13.2 Å². The van der Waals surface area contributed by atoms with E-state index in [1.54, 1.807) is 0 Å². The van der Waals surface area contributed by atoms with Crippen LogP contribution in [0.15, 0.2) is 34.7 Å². The summed E-state index contributed by atoms with van der Waals surface area (Å²) in [6.45, 7) is 0. The summed E-state index contributed by atoms with van der Waals surface area (Å²) < 4.78 is 43.5. The Bertz CT molecular complexity index is 670. The van der Waals surface area contributed by atoms with Crippen LogP contribution in [0.5, 0.6) is 0 Å². The van der Waals surface area contributed by atoms with Crippen LogP contribution in [0.3, 0.4) is 0 Å². The molecule has 1 aromatic carbocycles. The molecule has 0 amide bonds. The standard InChI is InChI=1S/C13H7F3O4/c14-13(15,16)10-5-7(1-3-9(10)12(18)19)11-4-2-8(6-17)20-11/h1-6H,(H,18,19). The molecule has 0 radical (unpaired) electrons. The Kier molecular flexibility index (Phi) is 3.35. The van der Waals surface area contributed by atoms with E-state index in [-0.39, 0.29) is 17.1 Å². The zero-order chi connectivity index (χ0) is 14.9. The van der Waals surface area contributed by atoms with Crippen molar-refractivity contribution in [3.8, 4) is 11.3 Å². The van der Waals surface area contributed by atoms with Gasteiger partial charge in [0.2, 0.25) is 0 Å². The van der Waals surface area contributed by atoms with Gasteiger partial charge in [0.1, 0.15) is 5.76 Å². The molecule has 1 N–H and O–H groups in total. The van der Waals surface area contributed by atoms with Crippen molar-refractivity contribution in [2.24, 2.45) is 0 Å². The zero-order valence-electron chi connectivity index (χ0n) is 9.77. The van der Waals surface area contributed by atoms with Crippen molar-refractivity contribution in [3.63, 3.8) is 0 Å². The molecule has 0 spiro atoms. The quantitative estimate of drug-likeness (QED) is 0.876. The summed E-state index contributed by atoms with van der Waals surface area (Å²) in [6, 6.07) is 5.35. The SMILES string of the molecule is O=Cc1ccc(-c2ccc(C(=O)O)c(C(F)(F)F)c2)o1. The summed E-state index contributed by atoms with van der Waals surface area (Å²) >= 11 is 0. The van der Waals surface area contributed by atoms with Crippen molar-refractivity contribution in [2.45, 2.75) is 6.18 Å². The van der Waals surface area contributed by atoms with Gasteiger partial charge in [0.25, 0.3) is 0 Å². The molecule has 0 bridgehead atoms. The number of carboxylic acids is 1. The van der Waals surface area contributed by atoms with Crippen LogP contribution in [-0.4, -0.2) is 17.4 Å². The number of rotatable bonds is 3. The van der Waals surface area contributed by atoms with Gasteiger partial charge in [0, 0.05) is 5.56 Å². The van der Waals surface area contributed by atoms with Gasteiger partial charge >= 0.3 is 12.1 Å². The third-order valence-corrected chi connectivity index (χ3v) is 2.58. The van der Waals surface area contributed by atoms with Crippen molar-refractivity contribution < 1.29 is 32.3 Å². The maximum absolute atomic E-state index is 12.8. The molecule has 7 heteroatoms. The minimum Gasteiger partial charge on any atom is -0.478 e. The topological polar surface area (TPSA) is 67.5 Å². The average molecular weight is 284 g/mol. The van der Waals surface area contributed by atoms with Crippen molar-refractivity contribution in [1.82, 2.24) is 0 Å². The predicted molar refractivity (Wildman–Crippen MR) is 61.5 cm³/mol. The van der Waals surface area contributed by atoms with Gasteiger partial charge < -0.3 is 9.52 Å². The first-order valence-electron chi connectivity index (χ1n) is 5.33. The number of benzene rings is 1. The van der Waals surface area contributed by atoms with Crippen LogP contribution in [0.1, 0.15) is 26.5 Å². The van der Waals surface area contributed by atoms with Crippen molar-refractivity contribution in [1.29, 1.82) is 0 Å². The van der Waals surface area contributed by atoms with E-state index in [0.717, 1.165) is 6.07 Å². The van der Waals surface area contributed by atoms with Crippen LogP contribution in [0.4, 0.5) is 13.2 Å².